The molecule has 0 aliphatic carbocycles. The third kappa shape index (κ3) is 13.5. The molecule has 6 aromatic carbocycles. The Balaban J connectivity index is 0.000000235. The number of ether oxygens (including phenoxy) is 4. The number of nitrogen functional groups attached to an aromatic ring is 2. The molecule has 0 aliphatic heterocycles. The molecule has 6 rings (SSSR count). The molecule has 0 spiro atoms. The molecule has 6 aromatic rings. The van der Waals surface area contributed by atoms with Crippen molar-refractivity contribution in [2.45, 2.75) is 38.8 Å². The summed E-state index contributed by atoms with van der Waals surface area (Å²) in [6.07, 6.45) is -9.12. The van der Waals surface area contributed by atoms with Crippen LogP contribution in [0.2, 0.25) is 0 Å². The zero-order valence-electron chi connectivity index (χ0n) is 32.5. The van der Waals surface area contributed by atoms with E-state index in [1.807, 2.05) is 6.07 Å². The Morgan fingerprint density at radius 2 is 0.806 bits per heavy atom. The monoisotopic (exact) mass is 850 g/mol. The Hall–Kier alpha value is -7.98. The van der Waals surface area contributed by atoms with E-state index in [0.717, 1.165) is 29.8 Å². The number of nitrogens with two attached hydrogens (primary N) is 2. The SMILES string of the molecule is N=C(N)c1ccc(COc2cc(OCc3ccc(C(=N)N)cc3)cc(C(F)(F)F)c2)cc1.[C-]#[N+]c1ccc(COc2cc(OCc3ccc(C#N)cc3)cc(C(F)(F)F)c2)cc1. The van der Waals surface area contributed by atoms with Crippen molar-refractivity contribution in [1.29, 1.82) is 16.1 Å². The van der Waals surface area contributed by atoms with E-state index in [1.165, 1.54) is 12.1 Å². The van der Waals surface area contributed by atoms with Gasteiger partial charge in [0.25, 0.3) is 0 Å². The Labute approximate surface area is 352 Å². The second kappa shape index (κ2) is 20.3. The van der Waals surface area contributed by atoms with Crippen LogP contribution < -0.4 is 30.4 Å². The lowest BCUT2D eigenvalue weighted by Crippen LogP contribution is -2.11. The normalized spacial score (nSPS) is 10.9. The molecule has 0 atom stereocenters. The number of amidine groups is 2. The summed E-state index contributed by atoms with van der Waals surface area (Å²) < 4.78 is 102. The number of hydrogen-bond acceptors (Lipinski definition) is 7. The fourth-order valence-corrected chi connectivity index (χ4v) is 5.37. The summed E-state index contributed by atoms with van der Waals surface area (Å²) in [6.45, 7) is 7.10. The highest BCUT2D eigenvalue weighted by molar-refractivity contribution is 5.95. The average Bonchev–Trinajstić information content (AvgIpc) is 3.26. The second-order valence-electron chi connectivity index (χ2n) is 13.3. The van der Waals surface area contributed by atoms with Crippen molar-refractivity contribution in [1.82, 2.24) is 0 Å². The lowest BCUT2D eigenvalue weighted by molar-refractivity contribution is -0.138. The summed E-state index contributed by atoms with van der Waals surface area (Å²) in [4.78, 5) is 3.29. The number of nitrogens with zero attached hydrogens (tertiary/aromatic N) is 2. The van der Waals surface area contributed by atoms with E-state index in [9.17, 15) is 26.3 Å². The molecule has 0 bridgehead atoms. The van der Waals surface area contributed by atoms with E-state index in [4.69, 9.17) is 53.1 Å². The lowest BCUT2D eigenvalue weighted by Gasteiger charge is -2.14. The van der Waals surface area contributed by atoms with Gasteiger partial charge in [-0.2, -0.15) is 31.6 Å². The molecule has 6 N–H and O–H groups in total. The number of nitrogens with one attached hydrogen (secondary N) is 2. The third-order valence-electron chi connectivity index (χ3n) is 8.72. The molecule has 0 saturated carbocycles. The van der Waals surface area contributed by atoms with E-state index in [0.29, 0.717) is 39.1 Å². The minimum Gasteiger partial charge on any atom is -0.489 e. The van der Waals surface area contributed by atoms with E-state index in [-0.39, 0.29) is 61.1 Å². The molecule has 10 nitrogen and oxygen atoms in total. The van der Waals surface area contributed by atoms with Crippen LogP contribution in [-0.4, -0.2) is 11.7 Å². The molecule has 0 saturated heterocycles. The van der Waals surface area contributed by atoms with Gasteiger partial charge in [-0.3, -0.25) is 10.8 Å². The van der Waals surface area contributed by atoms with E-state index in [2.05, 4.69) is 4.85 Å². The van der Waals surface area contributed by atoms with Crippen LogP contribution in [-0.2, 0) is 38.8 Å². The summed E-state index contributed by atoms with van der Waals surface area (Å²) in [6, 6.07) is 34.9. The van der Waals surface area contributed by atoms with Crippen molar-refractivity contribution >= 4 is 17.4 Å². The Morgan fingerprint density at radius 1 is 0.516 bits per heavy atom. The molecule has 0 fully saturated rings. The Bertz CT molecular complexity index is 2410. The highest BCUT2D eigenvalue weighted by Crippen LogP contribution is 2.37. The van der Waals surface area contributed by atoms with Gasteiger partial charge < -0.3 is 30.4 Å². The van der Waals surface area contributed by atoms with Crippen molar-refractivity contribution < 1.29 is 45.3 Å². The van der Waals surface area contributed by atoms with Crippen molar-refractivity contribution in [2.24, 2.45) is 11.5 Å². The lowest BCUT2D eigenvalue weighted by atomic mass is 10.1. The Morgan fingerprint density at radius 3 is 1.06 bits per heavy atom. The van der Waals surface area contributed by atoms with Crippen molar-refractivity contribution in [3.63, 3.8) is 0 Å². The number of alkyl halides is 6. The van der Waals surface area contributed by atoms with Crippen LogP contribution in [0.3, 0.4) is 0 Å². The first-order valence-corrected chi connectivity index (χ1v) is 18.3. The molecule has 16 heteroatoms. The molecule has 0 aliphatic rings. The van der Waals surface area contributed by atoms with Crippen LogP contribution in [0, 0.1) is 28.7 Å². The number of hydrogen-bond donors (Lipinski definition) is 4. The first-order valence-electron chi connectivity index (χ1n) is 18.3. The van der Waals surface area contributed by atoms with E-state index in [1.54, 1.807) is 97.1 Å². The van der Waals surface area contributed by atoms with Gasteiger partial charge >= 0.3 is 12.4 Å². The smallest absolute Gasteiger partial charge is 0.416 e. The Kier molecular flexibility index (Phi) is 14.8. The summed E-state index contributed by atoms with van der Waals surface area (Å²) in [7, 11) is 0. The minimum atomic E-state index is -4.57. The van der Waals surface area contributed by atoms with Gasteiger partial charge in [0.2, 0.25) is 0 Å². The highest BCUT2D eigenvalue weighted by atomic mass is 19.4. The molecule has 0 heterocycles. The van der Waals surface area contributed by atoms with Crippen LogP contribution >= 0.6 is 0 Å². The maximum atomic E-state index is 13.3. The molecular weight excluding hydrogens is 815 g/mol. The van der Waals surface area contributed by atoms with Gasteiger partial charge in [0, 0.05) is 23.3 Å². The molecule has 62 heavy (non-hydrogen) atoms. The summed E-state index contributed by atoms with van der Waals surface area (Å²) >= 11 is 0. The van der Waals surface area contributed by atoms with Gasteiger partial charge in [-0.05, 0) is 58.7 Å². The molecular formula is C46H36F6N6O4. The minimum absolute atomic E-state index is 0.0115. The van der Waals surface area contributed by atoms with E-state index >= 15 is 0 Å². The van der Waals surface area contributed by atoms with Crippen LogP contribution in [0.25, 0.3) is 4.85 Å². The summed E-state index contributed by atoms with van der Waals surface area (Å²) in [5.41, 5.74) is 14.0. The van der Waals surface area contributed by atoms with Crippen LogP contribution in [0.4, 0.5) is 32.0 Å². The standard InChI is InChI=1S/C23H21F3N4O2.C23H15F3N2O2/c24-23(25,26)18-9-19(31-12-14-1-5-16(6-2-14)21(27)28)11-20(10-18)32-13-15-3-7-17(8-4-15)22(29)30;1-28-20-8-6-18(7-9-20)15-30-22-11-19(23(24,25)26)10-21(12-22)29-14-17-4-2-16(13-27)3-5-17/h1-11H,12-13H2,(H3,27,28)(H3,29,30);2-12H,14-15H2. The van der Waals surface area contributed by atoms with Crippen LogP contribution in [0.15, 0.2) is 133 Å². The summed E-state index contributed by atoms with van der Waals surface area (Å²) in [5.74, 6) is -0.0858. The molecule has 0 amide bonds. The number of halogens is 6. The molecule has 0 unspecified atom stereocenters. The first kappa shape index (κ1) is 45.1. The van der Waals surface area contributed by atoms with Gasteiger partial charge in [-0.25, -0.2) is 4.85 Å². The fraction of sp³-hybridized carbons (Fsp3) is 0.130. The number of nitriles is 1. The topological polar surface area (TPSA) is 165 Å². The van der Waals surface area contributed by atoms with Crippen molar-refractivity contribution in [2.75, 3.05) is 0 Å². The fourth-order valence-electron chi connectivity index (χ4n) is 5.37. The predicted octanol–water partition coefficient (Wildman–Crippen LogP) is 10.7. The number of benzene rings is 6. The van der Waals surface area contributed by atoms with Gasteiger partial charge in [0.15, 0.2) is 5.69 Å². The molecule has 0 radical (unpaired) electrons. The molecule has 316 valence electrons. The third-order valence-corrected chi connectivity index (χ3v) is 8.72. The maximum Gasteiger partial charge on any atom is 0.416 e. The zero-order valence-corrected chi connectivity index (χ0v) is 32.5. The zero-order chi connectivity index (χ0) is 44.9. The van der Waals surface area contributed by atoms with Gasteiger partial charge in [0.1, 0.15) is 61.1 Å². The summed E-state index contributed by atoms with van der Waals surface area (Å²) in [5, 5.41) is 23.6. The van der Waals surface area contributed by atoms with Crippen LogP contribution in [0.5, 0.6) is 23.0 Å². The largest absolute Gasteiger partial charge is 0.489 e. The van der Waals surface area contributed by atoms with Gasteiger partial charge in [-0.15, -0.1) is 0 Å². The molecule has 0 aromatic heterocycles. The van der Waals surface area contributed by atoms with E-state index < -0.39 is 23.5 Å². The van der Waals surface area contributed by atoms with Gasteiger partial charge in [-0.1, -0.05) is 84.9 Å². The quantitative estimate of drug-likeness (QED) is 0.0366. The van der Waals surface area contributed by atoms with Gasteiger partial charge in [0.05, 0.1) is 29.3 Å². The van der Waals surface area contributed by atoms with Crippen molar-refractivity contribution in [3.8, 4) is 29.1 Å². The second-order valence-corrected chi connectivity index (χ2v) is 13.3. The predicted molar refractivity (Wildman–Crippen MR) is 219 cm³/mol. The maximum absolute atomic E-state index is 13.3. The number of rotatable bonds is 14. The first-order chi connectivity index (χ1) is 29.5. The highest BCUT2D eigenvalue weighted by Gasteiger charge is 2.33. The average molecular weight is 851 g/mol. The van der Waals surface area contributed by atoms with Crippen LogP contribution in [0.1, 0.15) is 50.1 Å². The van der Waals surface area contributed by atoms with Crippen molar-refractivity contribution in [3.05, 3.63) is 195 Å².